The molecule has 0 unspecified atom stereocenters. The van der Waals surface area contributed by atoms with Crippen LogP contribution in [-0.2, 0) is 4.79 Å². The third kappa shape index (κ3) is 3.97. The summed E-state index contributed by atoms with van der Waals surface area (Å²) >= 11 is 6.05. The Bertz CT molecular complexity index is 1290. The molecule has 2 heterocycles. The van der Waals surface area contributed by atoms with Gasteiger partial charge in [-0.3, -0.25) is 9.36 Å². The number of aromatic nitrogens is 1. The van der Waals surface area contributed by atoms with Gasteiger partial charge >= 0.3 is 12.1 Å². The molecule has 0 spiro atoms. The highest BCUT2D eigenvalue weighted by molar-refractivity contribution is 6.30. The molecule has 1 aliphatic heterocycles. The summed E-state index contributed by atoms with van der Waals surface area (Å²) < 4.78 is 1.27. The van der Waals surface area contributed by atoms with Crippen molar-refractivity contribution in [2.24, 2.45) is 11.7 Å². The van der Waals surface area contributed by atoms with E-state index in [0.29, 0.717) is 33.6 Å². The lowest BCUT2D eigenvalue weighted by Crippen LogP contribution is -2.50. The average Bonchev–Trinajstić information content (AvgIpc) is 3.32. The van der Waals surface area contributed by atoms with Gasteiger partial charge in [0.15, 0.2) is 0 Å². The summed E-state index contributed by atoms with van der Waals surface area (Å²) in [6, 6.07) is 11.6. The zero-order valence-electron chi connectivity index (χ0n) is 18.1. The first-order chi connectivity index (χ1) is 16.4. The number of aliphatic hydroxyl groups excluding tert-OH is 1. The zero-order chi connectivity index (χ0) is 24.0. The average molecular weight is 482 g/mol. The number of fused-ring (bicyclic) bond motifs is 2. The molecule has 5 rings (SSSR count). The first kappa shape index (κ1) is 22.2. The lowest BCUT2D eigenvalue weighted by atomic mass is 10.1. The smallest absolute Gasteiger partial charge is 0.323 e. The van der Waals surface area contributed by atoms with Crippen LogP contribution in [0.1, 0.15) is 24.4 Å². The van der Waals surface area contributed by atoms with Gasteiger partial charge in [0.1, 0.15) is 6.04 Å². The van der Waals surface area contributed by atoms with Crippen molar-refractivity contribution in [2.75, 3.05) is 11.9 Å². The third-order valence-corrected chi connectivity index (χ3v) is 6.82. The number of nitrogens with one attached hydrogen (secondary N) is 2. The van der Waals surface area contributed by atoms with E-state index in [2.05, 4.69) is 10.6 Å². The van der Waals surface area contributed by atoms with Gasteiger partial charge in [-0.2, -0.15) is 0 Å². The Morgan fingerprint density at radius 2 is 1.94 bits per heavy atom. The van der Waals surface area contributed by atoms with E-state index in [-0.39, 0.29) is 24.5 Å². The fourth-order valence-corrected chi connectivity index (χ4v) is 5.05. The summed E-state index contributed by atoms with van der Waals surface area (Å²) in [6.07, 6.45) is 2.89. The molecule has 3 aromatic rings. The lowest BCUT2D eigenvalue weighted by Gasteiger charge is -2.28. The van der Waals surface area contributed by atoms with Gasteiger partial charge in [-0.15, -0.1) is 0 Å². The van der Waals surface area contributed by atoms with E-state index in [0.717, 1.165) is 6.42 Å². The van der Waals surface area contributed by atoms with E-state index in [1.165, 1.54) is 10.8 Å². The fraction of sp³-hybridized carbons (Fsp3) is 0.292. The summed E-state index contributed by atoms with van der Waals surface area (Å²) in [5.41, 5.74) is 7.18. The number of hydrogen-bond acceptors (Lipinski definition) is 4. The van der Waals surface area contributed by atoms with Crippen LogP contribution in [0.5, 0.6) is 0 Å². The van der Waals surface area contributed by atoms with Gasteiger partial charge in [0.25, 0.3) is 0 Å². The third-order valence-electron chi connectivity index (χ3n) is 6.58. The highest BCUT2D eigenvalue weighted by Crippen LogP contribution is 2.48. The molecule has 4 amide bonds. The Labute approximate surface area is 200 Å². The van der Waals surface area contributed by atoms with Gasteiger partial charge in [-0.25, -0.2) is 9.59 Å². The maximum atomic E-state index is 13.3. The maximum absolute atomic E-state index is 13.3. The second-order valence-corrected chi connectivity index (χ2v) is 9.16. The minimum atomic E-state index is -0.665. The van der Waals surface area contributed by atoms with Crippen molar-refractivity contribution >= 4 is 46.2 Å². The van der Waals surface area contributed by atoms with Gasteiger partial charge < -0.3 is 26.4 Å². The fourth-order valence-electron chi connectivity index (χ4n) is 4.85. The molecule has 10 heteroatoms. The molecule has 2 aromatic carbocycles. The number of aliphatic hydroxyl groups is 1. The minimum absolute atomic E-state index is 0.0148. The molecule has 4 atom stereocenters. The summed E-state index contributed by atoms with van der Waals surface area (Å²) in [5, 5.41) is 16.7. The Balaban J connectivity index is 1.35. The van der Waals surface area contributed by atoms with Crippen molar-refractivity contribution in [3.8, 4) is 0 Å². The van der Waals surface area contributed by atoms with Crippen molar-refractivity contribution in [2.45, 2.75) is 31.0 Å². The topological polar surface area (TPSA) is 130 Å². The quantitative estimate of drug-likeness (QED) is 0.446. The van der Waals surface area contributed by atoms with E-state index in [9.17, 15) is 19.5 Å². The normalized spacial score (nSPS) is 21.7. The first-order valence-electron chi connectivity index (χ1n) is 11.0. The molecule has 1 saturated heterocycles. The van der Waals surface area contributed by atoms with Crippen molar-refractivity contribution in [1.29, 1.82) is 0 Å². The molecular weight excluding hydrogens is 458 g/mol. The molecule has 34 heavy (non-hydrogen) atoms. The number of primary amides is 1. The molecule has 1 aromatic heterocycles. The number of nitrogens with two attached hydrogens (primary N) is 1. The molecule has 1 aliphatic carbocycles. The second kappa shape index (κ2) is 8.66. The van der Waals surface area contributed by atoms with Crippen molar-refractivity contribution in [3.63, 3.8) is 0 Å². The molecule has 1 saturated carbocycles. The SMILES string of the molecule is NC(=O)n1cc(NC(=O)N2[C@@H]3C[C@@H]3C[C@H]2C(=O)N[C@H](CO)c2cccc(Cl)c2)c2ccccc21. The predicted molar refractivity (Wildman–Crippen MR) is 127 cm³/mol. The highest BCUT2D eigenvalue weighted by Gasteiger charge is 2.56. The number of hydrogen-bond donors (Lipinski definition) is 4. The molecule has 2 aliphatic rings. The number of urea groups is 1. The number of piperidine rings is 1. The van der Waals surface area contributed by atoms with E-state index >= 15 is 0 Å². The molecule has 5 N–H and O–H groups in total. The number of halogens is 1. The molecule has 0 bridgehead atoms. The van der Waals surface area contributed by atoms with Crippen LogP contribution < -0.4 is 16.4 Å². The van der Waals surface area contributed by atoms with Gasteiger partial charge in [-0.05, 0) is 42.5 Å². The molecule has 2 fully saturated rings. The first-order valence-corrected chi connectivity index (χ1v) is 11.4. The van der Waals surface area contributed by atoms with Crippen LogP contribution in [0.15, 0.2) is 54.7 Å². The van der Waals surface area contributed by atoms with Crippen LogP contribution >= 0.6 is 11.6 Å². The number of anilines is 1. The van der Waals surface area contributed by atoms with E-state index in [1.54, 1.807) is 53.4 Å². The van der Waals surface area contributed by atoms with Crippen LogP contribution in [0.4, 0.5) is 15.3 Å². The summed E-state index contributed by atoms with van der Waals surface area (Å²) in [6.45, 7) is -0.301. The Kier molecular flexibility index (Phi) is 5.66. The van der Waals surface area contributed by atoms with Gasteiger partial charge in [0, 0.05) is 22.6 Å². The lowest BCUT2D eigenvalue weighted by molar-refractivity contribution is -0.126. The maximum Gasteiger partial charge on any atom is 0.323 e. The Hall–Kier alpha value is -3.56. The molecule has 0 radical (unpaired) electrons. The summed E-state index contributed by atoms with van der Waals surface area (Å²) in [7, 11) is 0. The van der Waals surface area contributed by atoms with Crippen molar-refractivity contribution in [3.05, 3.63) is 65.3 Å². The number of rotatable bonds is 5. The monoisotopic (exact) mass is 481 g/mol. The number of likely N-dealkylation sites (tertiary alicyclic amines) is 1. The summed E-state index contributed by atoms with van der Waals surface area (Å²) in [4.78, 5) is 39.9. The van der Waals surface area contributed by atoms with Gasteiger partial charge in [0.2, 0.25) is 5.91 Å². The standard InChI is InChI=1S/C24H24ClN5O4/c25-15-5-3-4-13(8-15)18(12-31)27-22(32)21-10-14-9-20(14)30(21)24(34)28-17-11-29(23(26)33)19-7-2-1-6-16(17)19/h1-8,11,14,18,20-21,31H,9-10,12H2,(H2,26,33)(H,27,32)(H,28,34)/t14-,18-,20-,21+/m1/s1. The summed E-state index contributed by atoms with van der Waals surface area (Å²) in [5.74, 6) is -0.0619. The van der Waals surface area contributed by atoms with E-state index < -0.39 is 24.1 Å². The number of carbonyl (C=O) groups is 3. The molecule has 176 valence electrons. The van der Waals surface area contributed by atoms with Crippen LogP contribution in [0.25, 0.3) is 10.9 Å². The van der Waals surface area contributed by atoms with Crippen LogP contribution in [0.3, 0.4) is 0 Å². The predicted octanol–water partition coefficient (Wildman–Crippen LogP) is 3.07. The Morgan fingerprint density at radius 1 is 1.15 bits per heavy atom. The van der Waals surface area contributed by atoms with Crippen LogP contribution in [0, 0.1) is 5.92 Å². The number of benzene rings is 2. The van der Waals surface area contributed by atoms with Gasteiger partial charge in [0.05, 0.1) is 23.9 Å². The number of carbonyl (C=O) groups excluding carboxylic acids is 3. The zero-order valence-corrected chi connectivity index (χ0v) is 18.9. The van der Waals surface area contributed by atoms with Crippen LogP contribution in [-0.4, -0.2) is 51.2 Å². The molecule has 9 nitrogen and oxygen atoms in total. The van der Waals surface area contributed by atoms with E-state index in [4.69, 9.17) is 17.3 Å². The molecular formula is C24H24ClN5O4. The Morgan fingerprint density at radius 3 is 2.68 bits per heavy atom. The highest BCUT2D eigenvalue weighted by atomic mass is 35.5. The van der Waals surface area contributed by atoms with Crippen molar-refractivity contribution in [1.82, 2.24) is 14.8 Å². The largest absolute Gasteiger partial charge is 0.394 e. The number of amides is 4. The van der Waals surface area contributed by atoms with Gasteiger partial charge in [-0.1, -0.05) is 41.9 Å². The second-order valence-electron chi connectivity index (χ2n) is 8.72. The van der Waals surface area contributed by atoms with Crippen LogP contribution in [0.2, 0.25) is 5.02 Å². The van der Waals surface area contributed by atoms with E-state index in [1.807, 2.05) is 0 Å². The minimum Gasteiger partial charge on any atom is -0.394 e. The van der Waals surface area contributed by atoms with Crippen molar-refractivity contribution < 1.29 is 19.5 Å². The number of nitrogens with zero attached hydrogens (tertiary/aromatic N) is 2. The number of para-hydroxylation sites is 1.